The van der Waals surface area contributed by atoms with Crippen LogP contribution in [0.5, 0.6) is 0 Å². The highest BCUT2D eigenvalue weighted by Gasteiger charge is 2.34. The van der Waals surface area contributed by atoms with Crippen molar-refractivity contribution in [3.8, 4) is 0 Å². The van der Waals surface area contributed by atoms with E-state index < -0.39 is 0 Å². The van der Waals surface area contributed by atoms with Gasteiger partial charge in [0.25, 0.3) is 0 Å². The molecule has 0 saturated carbocycles. The van der Waals surface area contributed by atoms with Crippen molar-refractivity contribution in [2.45, 2.75) is 32.4 Å². The lowest BCUT2D eigenvalue weighted by Gasteiger charge is -2.48. The zero-order chi connectivity index (χ0) is 11.8. The number of nitrogen functional groups attached to an aromatic ring is 1. The van der Waals surface area contributed by atoms with Crippen molar-refractivity contribution < 1.29 is 0 Å². The van der Waals surface area contributed by atoms with Crippen molar-refractivity contribution in [2.75, 3.05) is 24.1 Å². The first-order chi connectivity index (χ1) is 7.47. The Hall–Kier alpha value is -1.22. The Morgan fingerprint density at radius 1 is 1.25 bits per heavy atom. The maximum Gasteiger partial charge on any atom is 0.0576 e. The van der Waals surface area contributed by atoms with Gasteiger partial charge in [-0.15, -0.1) is 0 Å². The number of nitrogens with zero attached hydrogens (tertiary/aromatic N) is 1. The van der Waals surface area contributed by atoms with E-state index in [2.05, 4.69) is 31.0 Å². The monoisotopic (exact) mass is 219 g/mol. The molecule has 1 fully saturated rings. The molecule has 16 heavy (non-hydrogen) atoms. The molecule has 1 aliphatic rings. The summed E-state index contributed by atoms with van der Waals surface area (Å²) in [5.74, 6) is 0. The number of nitrogens with two attached hydrogens (primary N) is 1. The minimum Gasteiger partial charge on any atom is -0.397 e. The Bertz CT molecular complexity index is 362. The zero-order valence-corrected chi connectivity index (χ0v) is 10.3. The number of benzene rings is 1. The van der Waals surface area contributed by atoms with Crippen molar-refractivity contribution in [3.63, 3.8) is 0 Å². The number of nitrogens with one attached hydrogen (secondary N) is 1. The Labute approximate surface area is 97.6 Å². The molecular weight excluding hydrogens is 198 g/mol. The highest BCUT2D eigenvalue weighted by atomic mass is 15.3. The molecule has 3 nitrogen and oxygen atoms in total. The topological polar surface area (TPSA) is 41.3 Å². The van der Waals surface area contributed by atoms with Crippen molar-refractivity contribution in [1.82, 2.24) is 4.90 Å². The van der Waals surface area contributed by atoms with Crippen LogP contribution < -0.4 is 11.1 Å². The van der Waals surface area contributed by atoms with Crippen LogP contribution in [0.2, 0.25) is 0 Å². The van der Waals surface area contributed by atoms with Crippen molar-refractivity contribution in [2.24, 2.45) is 0 Å². The molecule has 0 unspecified atom stereocenters. The Morgan fingerprint density at radius 2 is 1.88 bits per heavy atom. The van der Waals surface area contributed by atoms with Gasteiger partial charge < -0.3 is 11.1 Å². The number of para-hydroxylation sites is 2. The zero-order valence-electron chi connectivity index (χ0n) is 10.3. The SMILES string of the molecule is CC(C)(C)N1CC(Nc2ccccc2N)C1. The molecule has 3 N–H and O–H groups in total. The average Bonchev–Trinajstić information content (AvgIpc) is 2.11. The second-order valence-corrected chi connectivity index (χ2v) is 5.50. The number of anilines is 2. The van der Waals surface area contributed by atoms with Crippen LogP contribution in [0.25, 0.3) is 0 Å². The van der Waals surface area contributed by atoms with Gasteiger partial charge in [0.2, 0.25) is 0 Å². The third kappa shape index (κ3) is 2.30. The van der Waals surface area contributed by atoms with E-state index in [1.807, 2.05) is 24.3 Å². The van der Waals surface area contributed by atoms with Crippen LogP contribution in [0.3, 0.4) is 0 Å². The summed E-state index contributed by atoms with van der Waals surface area (Å²) in [6, 6.07) is 8.48. The molecule has 1 aromatic rings. The van der Waals surface area contributed by atoms with Gasteiger partial charge in [-0.3, -0.25) is 4.90 Å². The lowest BCUT2D eigenvalue weighted by Crippen LogP contribution is -2.61. The van der Waals surface area contributed by atoms with E-state index in [9.17, 15) is 0 Å². The minimum atomic E-state index is 0.278. The fourth-order valence-corrected chi connectivity index (χ4v) is 1.97. The van der Waals surface area contributed by atoms with E-state index in [-0.39, 0.29) is 5.54 Å². The quantitative estimate of drug-likeness (QED) is 0.749. The van der Waals surface area contributed by atoms with Gasteiger partial charge in [0.15, 0.2) is 0 Å². The first-order valence-corrected chi connectivity index (χ1v) is 5.83. The van der Waals surface area contributed by atoms with Crippen LogP contribution in [0.1, 0.15) is 20.8 Å². The predicted octanol–water partition coefficient (Wildman–Crippen LogP) is 2.16. The van der Waals surface area contributed by atoms with Gasteiger partial charge in [0.05, 0.1) is 17.4 Å². The summed E-state index contributed by atoms with van der Waals surface area (Å²) in [4.78, 5) is 2.46. The van der Waals surface area contributed by atoms with Crippen LogP contribution in [-0.2, 0) is 0 Å². The number of likely N-dealkylation sites (tertiary alicyclic amines) is 1. The molecule has 0 aliphatic carbocycles. The summed E-state index contributed by atoms with van der Waals surface area (Å²) in [5, 5.41) is 3.48. The summed E-state index contributed by atoms with van der Waals surface area (Å²) in [6.07, 6.45) is 0. The maximum atomic E-state index is 5.89. The molecule has 2 rings (SSSR count). The highest BCUT2D eigenvalue weighted by molar-refractivity contribution is 5.66. The molecule has 0 atom stereocenters. The molecule has 0 spiro atoms. The summed E-state index contributed by atoms with van der Waals surface area (Å²) in [6.45, 7) is 8.94. The number of rotatable bonds is 2. The molecule has 3 heteroatoms. The first kappa shape index (κ1) is 11.3. The molecule has 0 radical (unpaired) electrons. The molecule has 1 aliphatic heterocycles. The fourth-order valence-electron chi connectivity index (χ4n) is 1.97. The van der Waals surface area contributed by atoms with Gasteiger partial charge >= 0.3 is 0 Å². The lowest BCUT2D eigenvalue weighted by molar-refractivity contribution is 0.0568. The summed E-state index contributed by atoms with van der Waals surface area (Å²) in [7, 11) is 0. The maximum absolute atomic E-state index is 5.89. The molecule has 88 valence electrons. The van der Waals surface area contributed by atoms with E-state index in [0.29, 0.717) is 6.04 Å². The average molecular weight is 219 g/mol. The van der Waals surface area contributed by atoms with Crippen LogP contribution in [0.15, 0.2) is 24.3 Å². The largest absolute Gasteiger partial charge is 0.397 e. The molecule has 1 heterocycles. The van der Waals surface area contributed by atoms with Gasteiger partial charge in [-0.1, -0.05) is 12.1 Å². The van der Waals surface area contributed by atoms with Gasteiger partial charge in [-0.25, -0.2) is 0 Å². The lowest BCUT2D eigenvalue weighted by atomic mass is 9.97. The van der Waals surface area contributed by atoms with Crippen LogP contribution in [0.4, 0.5) is 11.4 Å². The minimum absolute atomic E-state index is 0.278. The molecule has 0 bridgehead atoms. The standard InChI is InChI=1S/C13H21N3/c1-13(2,3)16-8-10(9-16)15-12-7-5-4-6-11(12)14/h4-7,10,15H,8-9,14H2,1-3H3. The van der Waals surface area contributed by atoms with Crippen molar-refractivity contribution in [1.29, 1.82) is 0 Å². The van der Waals surface area contributed by atoms with E-state index in [1.165, 1.54) is 0 Å². The van der Waals surface area contributed by atoms with E-state index in [4.69, 9.17) is 5.73 Å². The number of hydrogen-bond acceptors (Lipinski definition) is 3. The predicted molar refractivity (Wildman–Crippen MR) is 69.6 cm³/mol. The van der Waals surface area contributed by atoms with Crippen molar-refractivity contribution in [3.05, 3.63) is 24.3 Å². The normalized spacial score (nSPS) is 18.2. The van der Waals surface area contributed by atoms with Gasteiger partial charge in [-0.05, 0) is 32.9 Å². The van der Waals surface area contributed by atoms with Crippen LogP contribution in [-0.4, -0.2) is 29.6 Å². The molecular formula is C13H21N3. The molecule has 0 amide bonds. The summed E-state index contributed by atoms with van der Waals surface area (Å²) < 4.78 is 0. The number of hydrogen-bond donors (Lipinski definition) is 2. The van der Waals surface area contributed by atoms with E-state index in [1.54, 1.807) is 0 Å². The molecule has 1 saturated heterocycles. The Morgan fingerprint density at radius 3 is 2.44 bits per heavy atom. The van der Waals surface area contributed by atoms with Gasteiger partial charge in [0, 0.05) is 18.6 Å². The van der Waals surface area contributed by atoms with E-state index in [0.717, 1.165) is 24.5 Å². The molecule has 1 aromatic carbocycles. The van der Waals surface area contributed by atoms with Crippen LogP contribution >= 0.6 is 0 Å². The molecule has 0 aromatic heterocycles. The van der Waals surface area contributed by atoms with Gasteiger partial charge in [0.1, 0.15) is 0 Å². The smallest absolute Gasteiger partial charge is 0.0576 e. The summed E-state index contributed by atoms with van der Waals surface area (Å²) in [5.41, 5.74) is 8.06. The van der Waals surface area contributed by atoms with E-state index >= 15 is 0 Å². The van der Waals surface area contributed by atoms with Crippen molar-refractivity contribution >= 4 is 11.4 Å². The van der Waals surface area contributed by atoms with Crippen LogP contribution in [0, 0.1) is 0 Å². The second kappa shape index (κ2) is 3.98. The third-order valence-electron chi connectivity index (χ3n) is 3.15. The first-order valence-electron chi connectivity index (χ1n) is 5.83. The highest BCUT2D eigenvalue weighted by Crippen LogP contribution is 2.25. The third-order valence-corrected chi connectivity index (χ3v) is 3.15. The Kier molecular flexibility index (Phi) is 2.80. The Balaban J connectivity index is 1.89. The summed E-state index contributed by atoms with van der Waals surface area (Å²) >= 11 is 0. The van der Waals surface area contributed by atoms with Gasteiger partial charge in [-0.2, -0.15) is 0 Å². The second-order valence-electron chi connectivity index (χ2n) is 5.50. The fraction of sp³-hybridized carbons (Fsp3) is 0.538.